The number of methoxy groups -OCH3 is 1. The molecule has 0 bridgehead atoms. The second-order valence-electron chi connectivity index (χ2n) is 5.51. The molecule has 0 aliphatic heterocycles. The number of rotatable bonds is 7. The van der Waals surface area contributed by atoms with E-state index < -0.39 is 0 Å². The first kappa shape index (κ1) is 22.0. The average molecular weight is 473 g/mol. The Bertz CT molecular complexity index is 695. The number of nitrogens with one attached hydrogen (secondary N) is 2. The number of halogens is 2. The van der Waals surface area contributed by atoms with Gasteiger partial charge in [0.25, 0.3) is 0 Å². The van der Waals surface area contributed by atoms with Crippen LogP contribution in [0.4, 0.5) is 4.39 Å². The van der Waals surface area contributed by atoms with Gasteiger partial charge in [-0.2, -0.15) is 0 Å². The Morgan fingerprint density at radius 2 is 1.81 bits per heavy atom. The van der Waals surface area contributed by atoms with Gasteiger partial charge >= 0.3 is 0 Å². The smallest absolute Gasteiger partial charge is 0.191 e. The van der Waals surface area contributed by atoms with E-state index in [0.29, 0.717) is 19.0 Å². The Morgan fingerprint density at radius 3 is 2.42 bits per heavy atom. The number of para-hydroxylation sites is 1. The van der Waals surface area contributed by atoms with Gasteiger partial charge < -0.3 is 20.1 Å². The van der Waals surface area contributed by atoms with Crippen molar-refractivity contribution in [3.8, 4) is 11.5 Å². The average Bonchev–Trinajstić information content (AvgIpc) is 2.64. The van der Waals surface area contributed by atoms with Crippen LogP contribution >= 0.6 is 24.0 Å². The Morgan fingerprint density at radius 1 is 1.12 bits per heavy atom. The predicted molar refractivity (Wildman–Crippen MR) is 113 cm³/mol. The Kier molecular flexibility index (Phi) is 9.79. The third-order valence-electron chi connectivity index (χ3n) is 3.56. The van der Waals surface area contributed by atoms with Crippen molar-refractivity contribution in [1.29, 1.82) is 0 Å². The molecule has 0 aliphatic rings. The maximum absolute atomic E-state index is 13.6. The summed E-state index contributed by atoms with van der Waals surface area (Å²) in [6, 6.07) is 14.2. The van der Waals surface area contributed by atoms with Crippen molar-refractivity contribution in [2.75, 3.05) is 20.7 Å². The highest BCUT2D eigenvalue weighted by Gasteiger charge is 2.08. The molecular weight excluding hydrogens is 448 g/mol. The second-order valence-corrected chi connectivity index (χ2v) is 5.51. The topological polar surface area (TPSA) is 54.9 Å². The molecule has 0 spiro atoms. The van der Waals surface area contributed by atoms with Gasteiger partial charge in [0.2, 0.25) is 0 Å². The van der Waals surface area contributed by atoms with E-state index in [2.05, 4.69) is 15.6 Å². The summed E-state index contributed by atoms with van der Waals surface area (Å²) in [4.78, 5) is 4.17. The Labute approximate surface area is 171 Å². The molecule has 5 nitrogen and oxygen atoms in total. The minimum absolute atomic E-state index is 0. The highest BCUT2D eigenvalue weighted by molar-refractivity contribution is 14.0. The third-order valence-corrected chi connectivity index (χ3v) is 3.56. The van der Waals surface area contributed by atoms with E-state index in [0.717, 1.165) is 11.3 Å². The van der Waals surface area contributed by atoms with Gasteiger partial charge in [-0.3, -0.25) is 4.99 Å². The van der Waals surface area contributed by atoms with Crippen molar-refractivity contribution in [3.05, 3.63) is 59.9 Å². The fraction of sp³-hybridized carbons (Fsp3) is 0.316. The predicted octanol–water partition coefficient (Wildman–Crippen LogP) is 3.58. The lowest BCUT2D eigenvalue weighted by Gasteiger charge is -2.18. The van der Waals surface area contributed by atoms with E-state index in [-0.39, 0.29) is 41.6 Å². The number of ether oxygens (including phenoxy) is 2. The molecule has 2 aromatic rings. The standard InChI is InChI=1S/C19H24FN3O2.HI/c1-14(25-18-7-5-4-6-17(18)20)12-22-19(21-2)23-13-15-8-10-16(24-3)11-9-15;/h4-11,14H,12-13H2,1-3H3,(H2,21,22,23);1H. The zero-order valence-corrected chi connectivity index (χ0v) is 17.5. The Hall–Kier alpha value is -2.03. The van der Waals surface area contributed by atoms with Crippen LogP contribution in [0.15, 0.2) is 53.5 Å². The van der Waals surface area contributed by atoms with Gasteiger partial charge in [-0.05, 0) is 36.8 Å². The molecule has 2 N–H and O–H groups in total. The van der Waals surface area contributed by atoms with Crippen LogP contribution in [0.1, 0.15) is 12.5 Å². The molecule has 0 aromatic heterocycles. The van der Waals surface area contributed by atoms with Crippen LogP contribution < -0.4 is 20.1 Å². The van der Waals surface area contributed by atoms with Crippen molar-refractivity contribution in [2.24, 2.45) is 4.99 Å². The van der Waals surface area contributed by atoms with Gasteiger partial charge in [-0.15, -0.1) is 24.0 Å². The molecule has 2 aromatic carbocycles. The highest BCUT2D eigenvalue weighted by atomic mass is 127. The number of hydrogen-bond acceptors (Lipinski definition) is 3. The molecule has 26 heavy (non-hydrogen) atoms. The normalized spacial score (nSPS) is 11.9. The SMILES string of the molecule is CN=C(NCc1ccc(OC)cc1)NCC(C)Oc1ccccc1F.I. The maximum Gasteiger partial charge on any atom is 0.191 e. The van der Waals surface area contributed by atoms with Gasteiger partial charge in [-0.1, -0.05) is 24.3 Å². The number of benzene rings is 2. The molecule has 0 saturated carbocycles. The molecule has 7 heteroatoms. The van der Waals surface area contributed by atoms with Crippen molar-refractivity contribution >= 4 is 29.9 Å². The monoisotopic (exact) mass is 473 g/mol. The molecule has 0 aliphatic carbocycles. The summed E-state index contributed by atoms with van der Waals surface area (Å²) in [7, 11) is 3.34. The lowest BCUT2D eigenvalue weighted by molar-refractivity contribution is 0.214. The second kappa shape index (κ2) is 11.6. The molecule has 0 fully saturated rings. The lowest BCUT2D eigenvalue weighted by Crippen LogP contribution is -2.41. The molecule has 1 unspecified atom stereocenters. The molecule has 0 heterocycles. The minimum atomic E-state index is -0.364. The van der Waals surface area contributed by atoms with E-state index in [1.165, 1.54) is 6.07 Å². The van der Waals surface area contributed by atoms with Gasteiger partial charge in [0.15, 0.2) is 17.5 Å². The minimum Gasteiger partial charge on any atom is -0.497 e. The summed E-state index contributed by atoms with van der Waals surface area (Å²) in [5, 5.41) is 6.39. The molecule has 0 amide bonds. The summed E-state index contributed by atoms with van der Waals surface area (Å²) in [6.45, 7) is 3.00. The fourth-order valence-electron chi connectivity index (χ4n) is 2.19. The number of nitrogens with zero attached hydrogens (tertiary/aromatic N) is 1. The summed E-state index contributed by atoms with van der Waals surface area (Å²) in [6.07, 6.45) is -0.212. The van der Waals surface area contributed by atoms with Crippen LogP contribution in [0.5, 0.6) is 11.5 Å². The molecule has 0 saturated heterocycles. The van der Waals surface area contributed by atoms with Crippen LogP contribution in [0.25, 0.3) is 0 Å². The molecule has 142 valence electrons. The summed E-state index contributed by atoms with van der Waals surface area (Å²) in [5.74, 6) is 1.36. The van der Waals surface area contributed by atoms with Crippen molar-refractivity contribution in [3.63, 3.8) is 0 Å². The fourth-order valence-corrected chi connectivity index (χ4v) is 2.19. The van der Waals surface area contributed by atoms with Gasteiger partial charge in [0.1, 0.15) is 11.9 Å². The zero-order valence-electron chi connectivity index (χ0n) is 15.2. The third kappa shape index (κ3) is 7.07. The van der Waals surface area contributed by atoms with Gasteiger partial charge in [-0.25, -0.2) is 4.39 Å². The van der Waals surface area contributed by atoms with Crippen LogP contribution in [0.3, 0.4) is 0 Å². The first-order chi connectivity index (χ1) is 12.1. The van der Waals surface area contributed by atoms with Crippen LogP contribution in [-0.2, 0) is 6.54 Å². The van der Waals surface area contributed by atoms with E-state index >= 15 is 0 Å². The largest absolute Gasteiger partial charge is 0.497 e. The first-order valence-electron chi connectivity index (χ1n) is 8.11. The maximum atomic E-state index is 13.6. The molecule has 1 atom stereocenters. The summed E-state index contributed by atoms with van der Waals surface area (Å²) in [5.41, 5.74) is 1.11. The van der Waals surface area contributed by atoms with Crippen molar-refractivity contribution in [1.82, 2.24) is 10.6 Å². The van der Waals surface area contributed by atoms with Crippen LogP contribution in [0.2, 0.25) is 0 Å². The zero-order chi connectivity index (χ0) is 18.1. The van der Waals surface area contributed by atoms with Crippen molar-refractivity contribution < 1.29 is 13.9 Å². The Balaban J connectivity index is 0.00000338. The van der Waals surface area contributed by atoms with Crippen molar-refractivity contribution in [2.45, 2.75) is 19.6 Å². The number of guanidine groups is 1. The van der Waals surface area contributed by atoms with E-state index in [9.17, 15) is 4.39 Å². The van der Waals surface area contributed by atoms with Gasteiger partial charge in [0, 0.05) is 13.6 Å². The lowest BCUT2D eigenvalue weighted by atomic mass is 10.2. The summed E-state index contributed by atoms with van der Waals surface area (Å²) >= 11 is 0. The highest BCUT2D eigenvalue weighted by Crippen LogP contribution is 2.16. The summed E-state index contributed by atoms with van der Waals surface area (Å²) < 4.78 is 24.3. The quantitative estimate of drug-likeness (QED) is 0.367. The van der Waals surface area contributed by atoms with E-state index in [1.807, 2.05) is 31.2 Å². The van der Waals surface area contributed by atoms with Gasteiger partial charge in [0.05, 0.1) is 13.7 Å². The van der Waals surface area contributed by atoms with Crippen LogP contribution in [-0.4, -0.2) is 32.8 Å². The number of hydrogen-bond donors (Lipinski definition) is 2. The van der Waals surface area contributed by atoms with Crippen LogP contribution in [0, 0.1) is 5.82 Å². The van der Waals surface area contributed by atoms with E-state index in [1.54, 1.807) is 32.4 Å². The molecular formula is C19H25FIN3O2. The molecule has 0 radical (unpaired) electrons. The first-order valence-corrected chi connectivity index (χ1v) is 8.11. The molecule has 2 rings (SSSR count). The van der Waals surface area contributed by atoms with E-state index in [4.69, 9.17) is 9.47 Å². The number of aliphatic imine (C=N–C) groups is 1.